The first-order valence-electron chi connectivity index (χ1n) is 12.0. The second kappa shape index (κ2) is 8.34. The second-order valence-corrected chi connectivity index (χ2v) is 9.82. The van der Waals surface area contributed by atoms with Crippen molar-refractivity contribution in [1.29, 1.82) is 0 Å². The van der Waals surface area contributed by atoms with Crippen molar-refractivity contribution in [2.24, 2.45) is 5.73 Å². The van der Waals surface area contributed by atoms with Crippen LogP contribution in [0.15, 0.2) is 30.3 Å². The van der Waals surface area contributed by atoms with Gasteiger partial charge in [0.05, 0.1) is 0 Å². The number of rotatable bonds is 2. The molecule has 188 valence electrons. The van der Waals surface area contributed by atoms with Gasteiger partial charge in [0.2, 0.25) is 6.79 Å². The molecule has 0 amide bonds. The Kier molecular flexibility index (Phi) is 5.63. The van der Waals surface area contributed by atoms with E-state index in [1.807, 2.05) is 52.8 Å². The first-order chi connectivity index (χ1) is 17.0. The summed E-state index contributed by atoms with van der Waals surface area (Å²) < 4.78 is 18.1. The van der Waals surface area contributed by atoms with Crippen molar-refractivity contribution >= 4 is 5.97 Å². The lowest BCUT2D eigenvalue weighted by atomic mass is 9.72. The summed E-state index contributed by atoms with van der Waals surface area (Å²) in [6.07, 6.45) is -2.21. The number of carbonyl (C=O) groups is 1. The van der Waals surface area contributed by atoms with Crippen LogP contribution in [0.25, 0.3) is 0 Å². The summed E-state index contributed by atoms with van der Waals surface area (Å²) in [5.41, 5.74) is 12.2. The lowest BCUT2D eigenvalue weighted by Gasteiger charge is -2.39. The van der Waals surface area contributed by atoms with Gasteiger partial charge < -0.3 is 30.2 Å². The molecule has 0 aromatic heterocycles. The Morgan fingerprint density at radius 2 is 1.36 bits per heavy atom. The lowest BCUT2D eigenvalue weighted by molar-refractivity contribution is -0.177. The maximum Gasteiger partial charge on any atom is 0.339 e. The van der Waals surface area contributed by atoms with E-state index in [9.17, 15) is 15.0 Å². The molecule has 2 unspecified atom stereocenters. The van der Waals surface area contributed by atoms with Crippen molar-refractivity contribution in [3.63, 3.8) is 0 Å². The highest BCUT2D eigenvalue weighted by Gasteiger charge is 2.49. The van der Waals surface area contributed by atoms with Crippen LogP contribution in [0.2, 0.25) is 0 Å². The predicted octanol–water partition coefficient (Wildman–Crippen LogP) is 4.18. The minimum Gasteiger partial charge on any atom is -0.457 e. The number of ether oxygens (including phenoxy) is 3. The predicted molar refractivity (Wildman–Crippen MR) is 134 cm³/mol. The van der Waals surface area contributed by atoms with Gasteiger partial charge in [0, 0.05) is 17.0 Å². The van der Waals surface area contributed by atoms with Gasteiger partial charge in [-0.2, -0.15) is 0 Å². The molecule has 0 saturated carbocycles. The van der Waals surface area contributed by atoms with E-state index in [1.54, 1.807) is 6.92 Å². The largest absolute Gasteiger partial charge is 0.457 e. The zero-order chi connectivity index (χ0) is 26.1. The molecule has 0 saturated heterocycles. The van der Waals surface area contributed by atoms with E-state index in [1.165, 1.54) is 0 Å². The Morgan fingerprint density at radius 3 is 1.97 bits per heavy atom. The van der Waals surface area contributed by atoms with Crippen molar-refractivity contribution in [2.75, 3.05) is 6.79 Å². The van der Waals surface area contributed by atoms with Crippen molar-refractivity contribution in [1.82, 2.24) is 0 Å². The van der Waals surface area contributed by atoms with Gasteiger partial charge in [0.25, 0.3) is 0 Å². The number of nitrogens with two attached hydrogens (primary N) is 1. The molecule has 0 aliphatic carbocycles. The highest BCUT2D eigenvalue weighted by atomic mass is 16.7. The average Bonchev–Trinajstić information content (AvgIpc) is 2.86. The van der Waals surface area contributed by atoms with E-state index in [4.69, 9.17) is 19.9 Å². The van der Waals surface area contributed by atoms with E-state index in [2.05, 4.69) is 12.1 Å². The van der Waals surface area contributed by atoms with Crippen molar-refractivity contribution in [3.05, 3.63) is 86.0 Å². The number of aliphatic hydroxyl groups excluding tert-OH is 1. The van der Waals surface area contributed by atoms with E-state index in [0.717, 1.165) is 44.7 Å². The highest BCUT2D eigenvalue weighted by molar-refractivity contribution is 5.85. The third-order valence-corrected chi connectivity index (χ3v) is 8.00. The van der Waals surface area contributed by atoms with Crippen LogP contribution in [0.3, 0.4) is 0 Å². The topological polar surface area (TPSA) is 111 Å². The molecule has 0 fully saturated rings. The molecule has 7 heteroatoms. The van der Waals surface area contributed by atoms with Crippen LogP contribution in [-0.4, -0.2) is 29.3 Å². The Labute approximate surface area is 210 Å². The van der Waals surface area contributed by atoms with Crippen LogP contribution in [0, 0.1) is 41.5 Å². The molecule has 2 aliphatic rings. The number of esters is 1. The average molecular weight is 490 g/mol. The van der Waals surface area contributed by atoms with Crippen molar-refractivity contribution in [3.8, 4) is 17.2 Å². The summed E-state index contributed by atoms with van der Waals surface area (Å²) in [6, 6.07) is 10.1. The van der Waals surface area contributed by atoms with Gasteiger partial charge in [-0.25, -0.2) is 4.79 Å². The van der Waals surface area contributed by atoms with Crippen LogP contribution in [0.4, 0.5) is 0 Å². The van der Waals surface area contributed by atoms with Crippen molar-refractivity contribution < 1.29 is 29.2 Å². The number of carbonyl (C=O) groups excluding carboxylic acids is 1. The number of hydrogen-bond donors (Lipinski definition) is 3. The summed E-state index contributed by atoms with van der Waals surface area (Å²) in [5, 5.41) is 20.9. The van der Waals surface area contributed by atoms with Crippen LogP contribution >= 0.6 is 0 Å². The SMILES string of the molecule is Cc1c(C)c2c3c(C)c1OCOC(=O)C(N)(C(O)O)c1c(C)c(C)c(c(c1C)C3c1ccccc1)O2. The number of aliphatic hydroxyl groups is 2. The molecule has 0 spiro atoms. The Morgan fingerprint density at radius 1 is 0.806 bits per heavy atom. The number of hydrogen-bond acceptors (Lipinski definition) is 7. The van der Waals surface area contributed by atoms with E-state index < -0.39 is 24.6 Å². The smallest absolute Gasteiger partial charge is 0.339 e. The monoisotopic (exact) mass is 489 g/mol. The number of fused-ring (bicyclic) bond motifs is 2. The molecule has 3 aromatic carbocycles. The van der Waals surface area contributed by atoms with Crippen molar-refractivity contribution in [2.45, 2.75) is 59.3 Å². The van der Waals surface area contributed by atoms with E-state index in [-0.39, 0.29) is 5.92 Å². The minimum absolute atomic E-state index is 0.264. The molecule has 5 rings (SSSR count). The van der Waals surface area contributed by atoms with Gasteiger partial charge in [0.1, 0.15) is 17.2 Å². The van der Waals surface area contributed by atoms with Gasteiger partial charge in [-0.15, -0.1) is 0 Å². The van der Waals surface area contributed by atoms with Gasteiger partial charge in [-0.1, -0.05) is 30.3 Å². The summed E-state index contributed by atoms with van der Waals surface area (Å²) in [7, 11) is 0. The summed E-state index contributed by atoms with van der Waals surface area (Å²) in [4.78, 5) is 13.3. The molecule has 0 radical (unpaired) electrons. The van der Waals surface area contributed by atoms with Crippen LogP contribution in [-0.2, 0) is 15.1 Å². The molecule has 7 nitrogen and oxygen atoms in total. The molecule has 2 heterocycles. The second-order valence-electron chi connectivity index (χ2n) is 9.82. The van der Waals surface area contributed by atoms with E-state index >= 15 is 0 Å². The van der Waals surface area contributed by atoms with E-state index in [0.29, 0.717) is 28.2 Å². The molecule has 2 aliphatic heterocycles. The Balaban J connectivity index is 2.01. The van der Waals surface area contributed by atoms with Gasteiger partial charge in [-0.3, -0.25) is 0 Å². The normalized spacial score (nSPS) is 20.5. The van der Waals surface area contributed by atoms with Crippen LogP contribution in [0.5, 0.6) is 17.2 Å². The minimum atomic E-state index is -2.23. The molecule has 36 heavy (non-hydrogen) atoms. The first-order valence-corrected chi connectivity index (χ1v) is 12.0. The zero-order valence-corrected chi connectivity index (χ0v) is 21.4. The van der Waals surface area contributed by atoms with Crippen LogP contribution in [0.1, 0.15) is 61.6 Å². The fraction of sp³-hybridized carbons (Fsp3) is 0.345. The molecule has 3 aromatic rings. The third kappa shape index (κ3) is 3.13. The lowest BCUT2D eigenvalue weighted by Crippen LogP contribution is -2.56. The summed E-state index contributed by atoms with van der Waals surface area (Å²) >= 11 is 0. The molecular formula is C29H31NO6. The fourth-order valence-electron chi connectivity index (χ4n) is 5.88. The van der Waals surface area contributed by atoms with Gasteiger partial charge >= 0.3 is 5.97 Å². The van der Waals surface area contributed by atoms with Crippen LogP contribution < -0.4 is 15.2 Å². The first kappa shape index (κ1) is 24.3. The Hall–Kier alpha value is -3.39. The quantitative estimate of drug-likeness (QED) is 0.286. The van der Waals surface area contributed by atoms with Gasteiger partial charge in [0.15, 0.2) is 11.8 Å². The summed E-state index contributed by atoms with van der Waals surface area (Å²) in [5.74, 6) is 0.816. The van der Waals surface area contributed by atoms with Gasteiger partial charge in [-0.05, 0) is 86.1 Å². The maximum absolute atomic E-state index is 13.3. The molecule has 4 bridgehead atoms. The summed E-state index contributed by atoms with van der Waals surface area (Å²) in [6.45, 7) is 11.1. The highest BCUT2D eigenvalue weighted by Crippen LogP contribution is 2.56. The standard InChI is InChI=1S/C29H31NO6/c1-13-14(2)25-20-17(5)23(13)29(30,27(31)32)28(33)35-12-34-24-15(3)16(4)26(36-25)21(18(24)6)22(20)19-10-8-7-9-11-19/h7-11,22,27,31-32H,12,30H2,1-6H3. The molecule has 4 N–H and O–H groups in total. The number of cyclic esters (lactones) is 1. The molecular weight excluding hydrogens is 458 g/mol. The number of benzene rings is 3. The Bertz CT molecular complexity index is 1410. The molecule has 2 atom stereocenters. The fourth-order valence-corrected chi connectivity index (χ4v) is 5.88. The zero-order valence-electron chi connectivity index (χ0n) is 21.4. The third-order valence-electron chi connectivity index (χ3n) is 8.00. The maximum atomic E-state index is 13.3.